The summed E-state index contributed by atoms with van der Waals surface area (Å²) in [5.74, 6) is -0.709. The number of carboxylic acid groups (broad SMARTS) is 2. The zero-order valence-corrected chi connectivity index (χ0v) is 14.1. The molecule has 0 bridgehead atoms. The molecule has 0 atom stereocenters. The van der Waals surface area contributed by atoms with Crippen molar-refractivity contribution in [2.45, 2.75) is 6.92 Å². The average Bonchev–Trinajstić information content (AvgIpc) is 2.65. The molecule has 0 fully saturated rings. The second-order valence-corrected chi connectivity index (χ2v) is 5.38. The van der Waals surface area contributed by atoms with E-state index < -0.39 is 11.9 Å². The third-order valence-corrected chi connectivity index (χ3v) is 3.39. The molecule has 5 heteroatoms. The van der Waals surface area contributed by atoms with Gasteiger partial charge in [-0.05, 0) is 43.3 Å². The van der Waals surface area contributed by atoms with Crippen LogP contribution in [0.1, 0.15) is 26.3 Å². The fraction of sp³-hybridized carbons (Fsp3) is 0.0476. The third kappa shape index (κ3) is 5.49. The summed E-state index contributed by atoms with van der Waals surface area (Å²) in [4.78, 5) is 20.9. The molecule has 132 valence electrons. The van der Waals surface area contributed by atoms with Crippen molar-refractivity contribution in [3.8, 4) is 11.5 Å². The molecule has 0 aliphatic rings. The van der Waals surface area contributed by atoms with Gasteiger partial charge in [0.25, 0.3) is 0 Å². The lowest BCUT2D eigenvalue weighted by atomic mass is 10.1. The molecule has 0 saturated heterocycles. The number of aromatic carboxylic acids is 2. The largest absolute Gasteiger partial charge is 0.478 e. The summed E-state index contributed by atoms with van der Waals surface area (Å²) in [5, 5.41) is 17.1. The van der Waals surface area contributed by atoms with Crippen molar-refractivity contribution in [2.24, 2.45) is 0 Å². The number of rotatable bonds is 4. The van der Waals surface area contributed by atoms with Gasteiger partial charge in [0.15, 0.2) is 0 Å². The molecular formula is C21H18O5. The molecule has 0 unspecified atom stereocenters. The molecule has 0 amide bonds. The van der Waals surface area contributed by atoms with Crippen molar-refractivity contribution in [3.05, 3.63) is 95.6 Å². The maximum absolute atomic E-state index is 10.5. The topological polar surface area (TPSA) is 83.8 Å². The van der Waals surface area contributed by atoms with Crippen LogP contribution in [0.3, 0.4) is 0 Å². The van der Waals surface area contributed by atoms with Crippen molar-refractivity contribution >= 4 is 11.9 Å². The van der Waals surface area contributed by atoms with Gasteiger partial charge in [0.1, 0.15) is 11.5 Å². The first kappa shape index (κ1) is 18.7. The maximum Gasteiger partial charge on any atom is 0.336 e. The first-order chi connectivity index (χ1) is 12.5. The first-order valence-corrected chi connectivity index (χ1v) is 7.82. The van der Waals surface area contributed by atoms with Gasteiger partial charge in [-0.1, -0.05) is 48.0 Å². The smallest absolute Gasteiger partial charge is 0.336 e. The Kier molecular flexibility index (Phi) is 6.51. The summed E-state index contributed by atoms with van der Waals surface area (Å²) in [7, 11) is 0. The van der Waals surface area contributed by atoms with Gasteiger partial charge < -0.3 is 14.9 Å². The third-order valence-electron chi connectivity index (χ3n) is 3.39. The van der Waals surface area contributed by atoms with E-state index in [1.54, 1.807) is 0 Å². The Morgan fingerprint density at radius 1 is 0.654 bits per heavy atom. The summed E-state index contributed by atoms with van der Waals surface area (Å²) >= 11 is 0. The maximum atomic E-state index is 10.5. The molecule has 0 aliphatic carbocycles. The number of hydrogen-bond acceptors (Lipinski definition) is 3. The molecular weight excluding hydrogens is 332 g/mol. The van der Waals surface area contributed by atoms with Gasteiger partial charge in [-0.2, -0.15) is 0 Å². The number of carboxylic acids is 2. The average molecular weight is 350 g/mol. The Hall–Kier alpha value is -3.60. The Morgan fingerprint density at radius 2 is 1.08 bits per heavy atom. The summed E-state index contributed by atoms with van der Waals surface area (Å²) < 4.78 is 5.63. The molecule has 2 N–H and O–H groups in total. The zero-order chi connectivity index (χ0) is 18.9. The number of para-hydroxylation sites is 1. The number of carbonyl (C=O) groups is 2. The fourth-order valence-electron chi connectivity index (χ4n) is 2.09. The van der Waals surface area contributed by atoms with Crippen LogP contribution in [0.25, 0.3) is 0 Å². The quantitative estimate of drug-likeness (QED) is 0.701. The molecule has 0 aromatic heterocycles. The van der Waals surface area contributed by atoms with E-state index in [0.29, 0.717) is 0 Å². The molecule has 0 radical (unpaired) electrons. The van der Waals surface area contributed by atoms with E-state index in [1.165, 1.54) is 29.8 Å². The molecule has 0 spiro atoms. The summed E-state index contributed by atoms with van der Waals surface area (Å²) in [6.45, 7) is 2.06. The van der Waals surface area contributed by atoms with Crippen molar-refractivity contribution in [2.75, 3.05) is 0 Å². The van der Waals surface area contributed by atoms with Crippen molar-refractivity contribution in [1.29, 1.82) is 0 Å². The van der Waals surface area contributed by atoms with E-state index in [2.05, 4.69) is 6.92 Å². The number of hydrogen-bond donors (Lipinski definition) is 2. The molecule has 0 heterocycles. The highest BCUT2D eigenvalue weighted by atomic mass is 16.5. The van der Waals surface area contributed by atoms with Crippen molar-refractivity contribution in [1.82, 2.24) is 0 Å². The SMILES string of the molecule is Cc1ccc(Oc2ccccc2)cc1.O=C(O)c1ccccc1C(=O)O. The van der Waals surface area contributed by atoms with Crippen LogP contribution in [0.5, 0.6) is 11.5 Å². The lowest BCUT2D eigenvalue weighted by Crippen LogP contribution is -2.06. The standard InChI is InChI=1S/C13H12O.C8H6O4/c1-11-7-9-13(10-8-11)14-12-5-3-2-4-6-12;9-7(10)5-3-1-2-4-6(5)8(11)12/h2-10H,1H3;1-4H,(H,9,10)(H,11,12). The Morgan fingerprint density at radius 3 is 1.54 bits per heavy atom. The van der Waals surface area contributed by atoms with Crippen molar-refractivity contribution < 1.29 is 24.5 Å². The van der Waals surface area contributed by atoms with Crippen LogP contribution in [-0.4, -0.2) is 22.2 Å². The van der Waals surface area contributed by atoms with Gasteiger partial charge in [0, 0.05) is 0 Å². The van der Waals surface area contributed by atoms with Crippen LogP contribution in [0.15, 0.2) is 78.9 Å². The van der Waals surface area contributed by atoms with Crippen LogP contribution >= 0.6 is 0 Å². The molecule has 3 rings (SSSR count). The second kappa shape index (κ2) is 9.03. The van der Waals surface area contributed by atoms with Crippen LogP contribution in [0, 0.1) is 6.92 Å². The minimum Gasteiger partial charge on any atom is -0.478 e. The number of aryl methyl sites for hydroxylation is 1. The molecule has 0 saturated carbocycles. The highest BCUT2D eigenvalue weighted by molar-refractivity contribution is 6.01. The lowest BCUT2D eigenvalue weighted by molar-refractivity contribution is 0.0651. The van der Waals surface area contributed by atoms with Gasteiger partial charge in [0.2, 0.25) is 0 Å². The minimum absolute atomic E-state index is 0.190. The predicted octanol–water partition coefficient (Wildman–Crippen LogP) is 4.87. The first-order valence-electron chi connectivity index (χ1n) is 7.82. The van der Waals surface area contributed by atoms with Crippen LogP contribution in [-0.2, 0) is 0 Å². The van der Waals surface area contributed by atoms with Gasteiger partial charge in [0.05, 0.1) is 11.1 Å². The highest BCUT2D eigenvalue weighted by Crippen LogP contribution is 2.20. The molecule has 5 nitrogen and oxygen atoms in total. The Balaban J connectivity index is 0.000000190. The summed E-state index contributed by atoms with van der Waals surface area (Å²) in [6, 6.07) is 23.3. The van der Waals surface area contributed by atoms with Crippen molar-refractivity contribution in [3.63, 3.8) is 0 Å². The Labute approximate surface area is 151 Å². The van der Waals surface area contributed by atoms with E-state index in [9.17, 15) is 9.59 Å². The lowest BCUT2D eigenvalue weighted by Gasteiger charge is -2.04. The van der Waals surface area contributed by atoms with Gasteiger partial charge >= 0.3 is 11.9 Å². The van der Waals surface area contributed by atoms with E-state index >= 15 is 0 Å². The van der Waals surface area contributed by atoms with E-state index in [4.69, 9.17) is 14.9 Å². The van der Waals surface area contributed by atoms with Gasteiger partial charge in [-0.15, -0.1) is 0 Å². The zero-order valence-electron chi connectivity index (χ0n) is 14.1. The number of ether oxygens (including phenoxy) is 1. The Bertz CT molecular complexity index is 837. The molecule has 0 aliphatic heterocycles. The van der Waals surface area contributed by atoms with Crippen LogP contribution < -0.4 is 4.74 Å². The normalized spacial score (nSPS) is 9.58. The van der Waals surface area contributed by atoms with Crippen LogP contribution in [0.2, 0.25) is 0 Å². The summed E-state index contributed by atoms with van der Waals surface area (Å²) in [6.07, 6.45) is 0. The van der Waals surface area contributed by atoms with Crippen LogP contribution in [0.4, 0.5) is 0 Å². The monoisotopic (exact) mass is 350 g/mol. The summed E-state index contributed by atoms with van der Waals surface area (Å²) in [5.41, 5.74) is 0.861. The molecule has 3 aromatic rings. The van der Waals surface area contributed by atoms with E-state index in [1.807, 2.05) is 54.6 Å². The van der Waals surface area contributed by atoms with E-state index in [-0.39, 0.29) is 11.1 Å². The highest BCUT2D eigenvalue weighted by Gasteiger charge is 2.13. The van der Waals surface area contributed by atoms with Gasteiger partial charge in [-0.3, -0.25) is 0 Å². The van der Waals surface area contributed by atoms with Gasteiger partial charge in [-0.25, -0.2) is 9.59 Å². The van der Waals surface area contributed by atoms with E-state index in [0.717, 1.165) is 11.5 Å². The fourth-order valence-corrected chi connectivity index (χ4v) is 2.09. The molecule has 26 heavy (non-hydrogen) atoms. The predicted molar refractivity (Wildman–Crippen MR) is 98.1 cm³/mol. The number of benzene rings is 3. The minimum atomic E-state index is -1.23. The molecule has 3 aromatic carbocycles. The second-order valence-electron chi connectivity index (χ2n) is 5.38.